The van der Waals surface area contributed by atoms with Crippen molar-refractivity contribution in [3.8, 4) is 0 Å². The third kappa shape index (κ3) is 55.3. The highest BCUT2D eigenvalue weighted by Gasteiger charge is 2.04. The molecule has 2 nitrogen and oxygen atoms in total. The Hall–Kier alpha value is -0.790. The second kappa shape index (κ2) is 56.3. The van der Waals surface area contributed by atoms with E-state index in [1.807, 2.05) is 0 Å². The lowest BCUT2D eigenvalue weighted by Gasteiger charge is -2.07. The van der Waals surface area contributed by atoms with E-state index in [0.29, 0.717) is 13.0 Å². The van der Waals surface area contributed by atoms with Gasteiger partial charge in [-0.25, -0.2) is 0 Å². The molecule has 0 fully saturated rings. The van der Waals surface area contributed by atoms with Crippen molar-refractivity contribution in [3.05, 3.63) is 12.2 Å². The molecule has 0 saturated carbocycles. The molecular formula is C60H118O2. The maximum absolute atomic E-state index is 12.1. The molecule has 0 aliphatic rings. The standard InChI is InChI=1S/C60H118O2/c1-4-6-7-8-9-10-11-12-13-14-15-26-30-33-36-39-42-45-48-51-54-57-60(61)62-58-55-52-49-46-43-40-37-34-31-28-25-23-21-19-17-16-18-20-22-24-27-29-32-35-38-41-44-47-50-53-56-59(3)5-2/h12-13,59H,4-11,14-58H2,1-3H3. The van der Waals surface area contributed by atoms with E-state index in [1.54, 1.807) is 0 Å². The molecule has 0 amide bonds. The van der Waals surface area contributed by atoms with Crippen LogP contribution in [0.25, 0.3) is 0 Å². The molecule has 1 atom stereocenters. The molecule has 0 radical (unpaired) electrons. The zero-order chi connectivity index (χ0) is 44.8. The van der Waals surface area contributed by atoms with Gasteiger partial charge in [0, 0.05) is 6.42 Å². The summed E-state index contributed by atoms with van der Waals surface area (Å²) in [7, 11) is 0. The van der Waals surface area contributed by atoms with E-state index in [-0.39, 0.29) is 5.97 Å². The van der Waals surface area contributed by atoms with Gasteiger partial charge in [-0.15, -0.1) is 0 Å². The average Bonchev–Trinajstić information content (AvgIpc) is 3.28. The lowest BCUT2D eigenvalue weighted by molar-refractivity contribution is -0.143. The second-order valence-electron chi connectivity index (χ2n) is 20.6. The Balaban J connectivity index is 3.16. The molecule has 0 rings (SSSR count). The normalized spacial score (nSPS) is 12.2. The van der Waals surface area contributed by atoms with Crippen molar-refractivity contribution in [2.75, 3.05) is 6.61 Å². The zero-order valence-corrected chi connectivity index (χ0v) is 43.5. The molecular weight excluding hydrogens is 753 g/mol. The first-order valence-corrected chi connectivity index (χ1v) is 29.5. The van der Waals surface area contributed by atoms with Crippen LogP contribution in [-0.4, -0.2) is 12.6 Å². The fraction of sp³-hybridized carbons (Fsp3) is 0.950. The summed E-state index contributed by atoms with van der Waals surface area (Å²) in [6.45, 7) is 7.66. The van der Waals surface area contributed by atoms with Gasteiger partial charge in [0.1, 0.15) is 0 Å². The van der Waals surface area contributed by atoms with Gasteiger partial charge in [-0.05, 0) is 44.4 Å². The number of rotatable bonds is 55. The van der Waals surface area contributed by atoms with Crippen LogP contribution in [0.3, 0.4) is 0 Å². The van der Waals surface area contributed by atoms with Crippen LogP contribution in [0.15, 0.2) is 12.2 Å². The highest BCUT2D eigenvalue weighted by atomic mass is 16.5. The van der Waals surface area contributed by atoms with Crippen LogP contribution in [0.2, 0.25) is 0 Å². The van der Waals surface area contributed by atoms with E-state index in [9.17, 15) is 4.79 Å². The number of carbonyl (C=O) groups excluding carboxylic acids is 1. The summed E-state index contributed by atoms with van der Waals surface area (Å²) in [4.78, 5) is 12.1. The summed E-state index contributed by atoms with van der Waals surface area (Å²) in [5, 5.41) is 0. The van der Waals surface area contributed by atoms with E-state index < -0.39 is 0 Å². The number of hydrogen-bond donors (Lipinski definition) is 0. The minimum atomic E-state index is 0.0315. The number of unbranched alkanes of at least 4 members (excludes halogenated alkanes) is 46. The smallest absolute Gasteiger partial charge is 0.305 e. The van der Waals surface area contributed by atoms with Crippen molar-refractivity contribution in [1.29, 1.82) is 0 Å². The fourth-order valence-corrected chi connectivity index (χ4v) is 9.41. The first-order valence-electron chi connectivity index (χ1n) is 29.5. The minimum absolute atomic E-state index is 0.0315. The molecule has 0 N–H and O–H groups in total. The number of esters is 1. The number of carbonyl (C=O) groups is 1. The molecule has 0 aliphatic carbocycles. The van der Waals surface area contributed by atoms with Gasteiger partial charge < -0.3 is 4.74 Å². The van der Waals surface area contributed by atoms with E-state index in [0.717, 1.165) is 18.8 Å². The molecule has 0 saturated heterocycles. The van der Waals surface area contributed by atoms with Gasteiger partial charge in [0.15, 0.2) is 0 Å². The monoisotopic (exact) mass is 871 g/mol. The Morgan fingerprint density at radius 3 is 0.903 bits per heavy atom. The predicted molar refractivity (Wildman–Crippen MR) is 281 cm³/mol. The van der Waals surface area contributed by atoms with E-state index in [4.69, 9.17) is 4.74 Å². The van der Waals surface area contributed by atoms with Gasteiger partial charge in [-0.1, -0.05) is 322 Å². The van der Waals surface area contributed by atoms with Gasteiger partial charge in [-0.3, -0.25) is 4.79 Å². The van der Waals surface area contributed by atoms with Crippen LogP contribution in [0.4, 0.5) is 0 Å². The highest BCUT2D eigenvalue weighted by molar-refractivity contribution is 5.69. The van der Waals surface area contributed by atoms with Gasteiger partial charge in [-0.2, -0.15) is 0 Å². The lowest BCUT2D eigenvalue weighted by atomic mass is 9.99. The molecule has 0 heterocycles. The molecule has 370 valence electrons. The van der Waals surface area contributed by atoms with Crippen molar-refractivity contribution >= 4 is 5.97 Å². The van der Waals surface area contributed by atoms with Crippen molar-refractivity contribution in [2.45, 2.75) is 355 Å². The SMILES string of the molecule is CCCCCCCCC=CCCCCCCCCCCCCCC(=O)OCCCCCCCCCCCCCCCCCCCCCCCCCCCCCCCCC(C)CC. The van der Waals surface area contributed by atoms with Crippen molar-refractivity contribution < 1.29 is 9.53 Å². The van der Waals surface area contributed by atoms with Crippen molar-refractivity contribution in [1.82, 2.24) is 0 Å². The third-order valence-corrected chi connectivity index (χ3v) is 14.2. The van der Waals surface area contributed by atoms with Crippen LogP contribution >= 0.6 is 0 Å². The van der Waals surface area contributed by atoms with Crippen LogP contribution in [0.5, 0.6) is 0 Å². The van der Waals surface area contributed by atoms with E-state index in [2.05, 4.69) is 32.9 Å². The van der Waals surface area contributed by atoms with Gasteiger partial charge in [0.05, 0.1) is 6.61 Å². The Morgan fingerprint density at radius 1 is 0.339 bits per heavy atom. The summed E-state index contributed by atoms with van der Waals surface area (Å²) in [6, 6.07) is 0. The van der Waals surface area contributed by atoms with E-state index in [1.165, 1.54) is 315 Å². The highest BCUT2D eigenvalue weighted by Crippen LogP contribution is 2.19. The average molecular weight is 872 g/mol. The maximum atomic E-state index is 12.1. The molecule has 62 heavy (non-hydrogen) atoms. The third-order valence-electron chi connectivity index (χ3n) is 14.2. The second-order valence-corrected chi connectivity index (χ2v) is 20.6. The molecule has 0 aromatic rings. The fourth-order valence-electron chi connectivity index (χ4n) is 9.41. The number of hydrogen-bond acceptors (Lipinski definition) is 2. The van der Waals surface area contributed by atoms with Crippen molar-refractivity contribution in [2.24, 2.45) is 5.92 Å². The Morgan fingerprint density at radius 2 is 0.597 bits per heavy atom. The molecule has 1 unspecified atom stereocenters. The predicted octanol–water partition coefficient (Wildman–Crippen LogP) is 22.0. The largest absolute Gasteiger partial charge is 0.466 e. The molecule has 0 aromatic heterocycles. The van der Waals surface area contributed by atoms with Crippen molar-refractivity contribution in [3.63, 3.8) is 0 Å². The Labute approximate surface area is 393 Å². The van der Waals surface area contributed by atoms with Gasteiger partial charge in [0.25, 0.3) is 0 Å². The maximum Gasteiger partial charge on any atom is 0.305 e. The minimum Gasteiger partial charge on any atom is -0.466 e. The topological polar surface area (TPSA) is 26.3 Å². The molecule has 0 aliphatic heterocycles. The van der Waals surface area contributed by atoms with Gasteiger partial charge in [0.2, 0.25) is 0 Å². The number of ether oxygens (including phenoxy) is 1. The quantitative estimate of drug-likeness (QED) is 0.0346. The summed E-state index contributed by atoms with van der Waals surface area (Å²) in [5.41, 5.74) is 0. The zero-order valence-electron chi connectivity index (χ0n) is 43.5. The Kier molecular flexibility index (Phi) is 55.6. The van der Waals surface area contributed by atoms with Gasteiger partial charge >= 0.3 is 5.97 Å². The van der Waals surface area contributed by atoms with Crippen LogP contribution in [0, 0.1) is 5.92 Å². The Bertz CT molecular complexity index is 833. The molecule has 0 bridgehead atoms. The number of allylic oxidation sites excluding steroid dienone is 2. The summed E-state index contributed by atoms with van der Waals surface area (Å²) < 4.78 is 5.51. The van der Waals surface area contributed by atoms with Crippen LogP contribution in [0.1, 0.15) is 355 Å². The molecule has 0 aromatic carbocycles. The van der Waals surface area contributed by atoms with E-state index >= 15 is 0 Å². The summed E-state index contributed by atoms with van der Waals surface area (Å²) in [6.07, 6.45) is 76.8. The summed E-state index contributed by atoms with van der Waals surface area (Å²) in [5.74, 6) is 0.971. The van der Waals surface area contributed by atoms with Crippen LogP contribution in [-0.2, 0) is 9.53 Å². The first-order chi connectivity index (χ1) is 30.7. The lowest BCUT2D eigenvalue weighted by Crippen LogP contribution is -2.05. The van der Waals surface area contributed by atoms with Crippen LogP contribution < -0.4 is 0 Å². The summed E-state index contributed by atoms with van der Waals surface area (Å²) >= 11 is 0. The first kappa shape index (κ1) is 61.2. The molecule has 0 spiro atoms. The molecule has 2 heteroatoms.